The van der Waals surface area contributed by atoms with Crippen LogP contribution in [0.2, 0.25) is 0 Å². The molecule has 1 aliphatic carbocycles. The number of aromatic nitrogens is 1. The van der Waals surface area contributed by atoms with Crippen LogP contribution < -0.4 is 5.73 Å². The third kappa shape index (κ3) is 1.91. The van der Waals surface area contributed by atoms with Gasteiger partial charge in [0, 0.05) is 11.8 Å². The Labute approximate surface area is 102 Å². The second-order valence-corrected chi connectivity index (χ2v) is 4.69. The molecule has 0 amide bonds. The fraction of sp³-hybridized carbons (Fsp3) is 0.267. The summed E-state index contributed by atoms with van der Waals surface area (Å²) in [7, 11) is 0. The van der Waals surface area contributed by atoms with Crippen molar-refractivity contribution in [3.63, 3.8) is 0 Å². The van der Waals surface area contributed by atoms with Gasteiger partial charge in [-0.05, 0) is 36.5 Å². The molecule has 0 bridgehead atoms. The van der Waals surface area contributed by atoms with Crippen LogP contribution in [0, 0.1) is 0 Å². The van der Waals surface area contributed by atoms with Gasteiger partial charge in [0.25, 0.3) is 0 Å². The molecule has 0 atom stereocenters. The quantitative estimate of drug-likeness (QED) is 0.846. The van der Waals surface area contributed by atoms with Crippen LogP contribution in [0.3, 0.4) is 0 Å². The lowest BCUT2D eigenvalue weighted by molar-refractivity contribution is 0.420. The van der Waals surface area contributed by atoms with Gasteiger partial charge in [-0.25, -0.2) is 0 Å². The van der Waals surface area contributed by atoms with Crippen LogP contribution in [0.15, 0.2) is 42.6 Å². The van der Waals surface area contributed by atoms with Crippen molar-refractivity contribution in [1.82, 2.24) is 4.98 Å². The summed E-state index contributed by atoms with van der Waals surface area (Å²) < 4.78 is 0. The van der Waals surface area contributed by atoms with Crippen molar-refractivity contribution in [3.05, 3.63) is 48.2 Å². The SMILES string of the molecule is Nc1cccnc1-c1ccc(C2CCC2)cc1. The van der Waals surface area contributed by atoms with Crippen molar-refractivity contribution in [2.24, 2.45) is 0 Å². The fourth-order valence-corrected chi connectivity index (χ4v) is 2.31. The summed E-state index contributed by atoms with van der Waals surface area (Å²) in [5, 5.41) is 0. The molecule has 17 heavy (non-hydrogen) atoms. The maximum Gasteiger partial charge on any atom is 0.0931 e. The zero-order valence-electron chi connectivity index (χ0n) is 9.76. The summed E-state index contributed by atoms with van der Waals surface area (Å²) in [6, 6.07) is 12.4. The highest BCUT2D eigenvalue weighted by molar-refractivity contribution is 5.72. The summed E-state index contributed by atoms with van der Waals surface area (Å²) in [4.78, 5) is 4.33. The monoisotopic (exact) mass is 224 g/mol. The Kier molecular flexibility index (Phi) is 2.56. The first-order chi connectivity index (χ1) is 8.34. The third-order valence-electron chi connectivity index (χ3n) is 3.60. The number of pyridine rings is 1. The predicted molar refractivity (Wildman–Crippen MR) is 70.7 cm³/mol. The highest BCUT2D eigenvalue weighted by atomic mass is 14.7. The maximum absolute atomic E-state index is 5.93. The van der Waals surface area contributed by atoms with Gasteiger partial charge in [-0.2, -0.15) is 0 Å². The van der Waals surface area contributed by atoms with E-state index in [4.69, 9.17) is 5.73 Å². The number of hydrogen-bond acceptors (Lipinski definition) is 2. The van der Waals surface area contributed by atoms with E-state index in [0.29, 0.717) is 0 Å². The molecule has 3 rings (SSSR count). The van der Waals surface area contributed by atoms with E-state index < -0.39 is 0 Å². The summed E-state index contributed by atoms with van der Waals surface area (Å²) in [6.45, 7) is 0. The lowest BCUT2D eigenvalue weighted by Gasteiger charge is -2.25. The molecule has 0 unspecified atom stereocenters. The molecule has 2 aromatic rings. The van der Waals surface area contributed by atoms with Crippen molar-refractivity contribution in [1.29, 1.82) is 0 Å². The highest BCUT2D eigenvalue weighted by Crippen LogP contribution is 2.37. The molecule has 0 radical (unpaired) electrons. The average molecular weight is 224 g/mol. The molecule has 1 aliphatic rings. The molecule has 0 saturated heterocycles. The molecule has 1 aromatic heterocycles. The molecule has 86 valence electrons. The van der Waals surface area contributed by atoms with E-state index in [9.17, 15) is 0 Å². The van der Waals surface area contributed by atoms with E-state index in [0.717, 1.165) is 22.9 Å². The molecule has 2 nitrogen and oxygen atoms in total. The maximum atomic E-state index is 5.93. The minimum atomic E-state index is 0.740. The van der Waals surface area contributed by atoms with E-state index in [2.05, 4.69) is 29.2 Å². The second-order valence-electron chi connectivity index (χ2n) is 4.69. The van der Waals surface area contributed by atoms with Crippen LogP contribution in [0.1, 0.15) is 30.7 Å². The average Bonchev–Trinajstić information content (AvgIpc) is 2.29. The smallest absolute Gasteiger partial charge is 0.0931 e. The van der Waals surface area contributed by atoms with E-state index >= 15 is 0 Å². The van der Waals surface area contributed by atoms with Gasteiger partial charge >= 0.3 is 0 Å². The lowest BCUT2D eigenvalue weighted by Crippen LogP contribution is -2.08. The Morgan fingerprint density at radius 1 is 1.06 bits per heavy atom. The van der Waals surface area contributed by atoms with E-state index in [1.807, 2.05) is 12.1 Å². The fourth-order valence-electron chi connectivity index (χ4n) is 2.31. The van der Waals surface area contributed by atoms with Crippen LogP contribution in [-0.2, 0) is 0 Å². The summed E-state index contributed by atoms with van der Waals surface area (Å²) in [6.07, 6.45) is 5.83. The normalized spacial score (nSPS) is 15.5. The van der Waals surface area contributed by atoms with E-state index in [1.165, 1.54) is 24.8 Å². The highest BCUT2D eigenvalue weighted by Gasteiger charge is 2.19. The largest absolute Gasteiger partial charge is 0.397 e. The Hall–Kier alpha value is -1.83. The van der Waals surface area contributed by atoms with Crippen molar-refractivity contribution >= 4 is 5.69 Å². The van der Waals surface area contributed by atoms with Gasteiger partial charge in [0.2, 0.25) is 0 Å². The van der Waals surface area contributed by atoms with Crippen LogP contribution in [0.25, 0.3) is 11.3 Å². The lowest BCUT2D eigenvalue weighted by atomic mass is 9.80. The number of nitrogens with zero attached hydrogens (tertiary/aromatic N) is 1. The first-order valence-corrected chi connectivity index (χ1v) is 6.15. The molecule has 0 spiro atoms. The van der Waals surface area contributed by atoms with Gasteiger partial charge in [0.1, 0.15) is 0 Å². The molecule has 2 N–H and O–H groups in total. The summed E-state index contributed by atoms with van der Waals surface area (Å²) in [5.74, 6) is 0.783. The molecule has 1 saturated carbocycles. The number of hydrogen-bond donors (Lipinski definition) is 1. The van der Waals surface area contributed by atoms with E-state index in [1.54, 1.807) is 6.20 Å². The molecule has 1 aromatic carbocycles. The van der Waals surface area contributed by atoms with Gasteiger partial charge in [-0.1, -0.05) is 30.7 Å². The van der Waals surface area contributed by atoms with Gasteiger partial charge < -0.3 is 5.73 Å². The van der Waals surface area contributed by atoms with Crippen molar-refractivity contribution < 1.29 is 0 Å². The van der Waals surface area contributed by atoms with Gasteiger partial charge in [-0.3, -0.25) is 4.98 Å². The summed E-state index contributed by atoms with van der Waals surface area (Å²) >= 11 is 0. The zero-order chi connectivity index (χ0) is 11.7. The zero-order valence-corrected chi connectivity index (χ0v) is 9.76. The first kappa shape index (κ1) is 10.3. The molecule has 2 heteroatoms. The Morgan fingerprint density at radius 2 is 1.82 bits per heavy atom. The predicted octanol–water partition coefficient (Wildman–Crippen LogP) is 3.60. The van der Waals surface area contributed by atoms with E-state index in [-0.39, 0.29) is 0 Å². The van der Waals surface area contributed by atoms with Gasteiger partial charge in [-0.15, -0.1) is 0 Å². The van der Waals surface area contributed by atoms with Gasteiger partial charge in [0.05, 0.1) is 11.4 Å². The number of nitrogens with two attached hydrogens (primary N) is 1. The van der Waals surface area contributed by atoms with Crippen LogP contribution >= 0.6 is 0 Å². The van der Waals surface area contributed by atoms with Crippen molar-refractivity contribution in [2.45, 2.75) is 25.2 Å². The van der Waals surface area contributed by atoms with Gasteiger partial charge in [0.15, 0.2) is 0 Å². The van der Waals surface area contributed by atoms with Crippen LogP contribution in [0.5, 0.6) is 0 Å². The Bertz CT molecular complexity index is 513. The minimum Gasteiger partial charge on any atom is -0.397 e. The topological polar surface area (TPSA) is 38.9 Å². The molecular formula is C15H16N2. The van der Waals surface area contributed by atoms with Crippen LogP contribution in [-0.4, -0.2) is 4.98 Å². The molecular weight excluding hydrogens is 208 g/mol. The van der Waals surface area contributed by atoms with Crippen LogP contribution in [0.4, 0.5) is 5.69 Å². The molecule has 1 heterocycles. The summed E-state index contributed by atoms with van der Waals surface area (Å²) in [5.41, 5.74) is 10.1. The first-order valence-electron chi connectivity index (χ1n) is 6.15. The Balaban J connectivity index is 1.91. The standard InChI is InChI=1S/C15H16N2/c16-14-5-2-10-17-15(14)13-8-6-12(7-9-13)11-3-1-4-11/h2,5-11H,1,3-4,16H2. The second kappa shape index (κ2) is 4.21. The molecule has 0 aliphatic heterocycles. The number of nitrogen functional groups attached to an aromatic ring is 1. The number of rotatable bonds is 2. The third-order valence-corrected chi connectivity index (χ3v) is 3.60. The van der Waals surface area contributed by atoms with Crippen molar-refractivity contribution in [2.75, 3.05) is 5.73 Å². The Morgan fingerprint density at radius 3 is 2.41 bits per heavy atom. The molecule has 1 fully saturated rings. The number of anilines is 1. The minimum absolute atomic E-state index is 0.740. The van der Waals surface area contributed by atoms with Crippen molar-refractivity contribution in [3.8, 4) is 11.3 Å². The number of benzene rings is 1.